The molecule has 1 saturated heterocycles. The van der Waals surface area contributed by atoms with Gasteiger partial charge >= 0.3 is 6.03 Å². The number of anilines is 1. The Labute approximate surface area is 165 Å². The summed E-state index contributed by atoms with van der Waals surface area (Å²) in [5.74, 6) is 0.564. The first-order valence-electron chi connectivity index (χ1n) is 9.78. The van der Waals surface area contributed by atoms with Gasteiger partial charge in [-0.25, -0.2) is 9.79 Å². The second kappa shape index (κ2) is 6.36. The predicted molar refractivity (Wildman–Crippen MR) is 109 cm³/mol. The first-order valence-corrected chi connectivity index (χ1v) is 9.78. The number of guanidine groups is 1. The smallest absolute Gasteiger partial charge is 0.302 e. The van der Waals surface area contributed by atoms with E-state index in [1.807, 2.05) is 18.7 Å². The third kappa shape index (κ3) is 2.38. The maximum atomic E-state index is 13.2. The van der Waals surface area contributed by atoms with Crippen molar-refractivity contribution in [3.8, 4) is 0 Å². The first kappa shape index (κ1) is 18.5. The molecule has 3 aliphatic rings. The van der Waals surface area contributed by atoms with E-state index in [1.165, 1.54) is 4.90 Å². The molecular formula is C21H27N5O2. The number of nitrogens with zero attached hydrogens (tertiary/aromatic N) is 5. The second-order valence-corrected chi connectivity index (χ2v) is 7.84. The molecule has 1 fully saturated rings. The highest BCUT2D eigenvalue weighted by molar-refractivity contribution is 6.10. The maximum Gasteiger partial charge on any atom is 0.328 e. The zero-order valence-electron chi connectivity index (χ0n) is 17.4. The number of hydrogen-bond donors (Lipinski definition) is 0. The minimum atomic E-state index is -0.505. The number of imide groups is 1. The van der Waals surface area contributed by atoms with Crippen LogP contribution in [0.5, 0.6) is 0 Å². The summed E-state index contributed by atoms with van der Waals surface area (Å²) < 4.78 is 0. The van der Waals surface area contributed by atoms with E-state index in [0.29, 0.717) is 6.54 Å². The van der Waals surface area contributed by atoms with Crippen molar-refractivity contribution < 1.29 is 9.59 Å². The average molecular weight is 381 g/mol. The standard InChI is InChI=1S/C21H27N5O2/c1-7-10-24-19(27)17-18(23(6)21(24)28)22-20-25(14(4)15(5)26(17)20)16-11-12(2)8-9-13(16)3/h8-9,11,17-18H,7,10H2,1-6H3. The fraction of sp³-hybridized carbons (Fsp3) is 0.476. The number of amides is 3. The normalized spacial score (nSPS) is 24.3. The molecule has 0 aromatic heterocycles. The quantitative estimate of drug-likeness (QED) is 0.807. The van der Waals surface area contributed by atoms with Gasteiger partial charge in [-0.2, -0.15) is 0 Å². The van der Waals surface area contributed by atoms with Gasteiger partial charge in [0.2, 0.25) is 5.96 Å². The van der Waals surface area contributed by atoms with Crippen LogP contribution in [0, 0.1) is 13.8 Å². The van der Waals surface area contributed by atoms with Gasteiger partial charge in [0.1, 0.15) is 0 Å². The fourth-order valence-corrected chi connectivity index (χ4v) is 4.29. The number of allylic oxidation sites excluding steroid dienone is 2. The third-order valence-electron chi connectivity index (χ3n) is 5.95. The lowest BCUT2D eigenvalue weighted by molar-refractivity contribution is -0.136. The van der Waals surface area contributed by atoms with Gasteiger partial charge in [0.15, 0.2) is 12.2 Å². The SMILES string of the molecule is CCCN1C(=O)C2C(N=C3N(c4cc(C)ccc4C)C(C)=C(C)N32)N(C)C1=O. The van der Waals surface area contributed by atoms with E-state index < -0.39 is 12.2 Å². The molecule has 1 aromatic rings. The number of carbonyl (C=O) groups excluding carboxylic acids is 2. The van der Waals surface area contributed by atoms with Gasteiger partial charge in [-0.3, -0.25) is 19.5 Å². The molecule has 3 aliphatic heterocycles. The average Bonchev–Trinajstić information content (AvgIpc) is 3.15. The van der Waals surface area contributed by atoms with Crippen molar-refractivity contribution in [1.29, 1.82) is 0 Å². The van der Waals surface area contributed by atoms with Crippen LogP contribution in [0.25, 0.3) is 0 Å². The molecule has 0 spiro atoms. The van der Waals surface area contributed by atoms with Crippen LogP contribution in [0.1, 0.15) is 38.3 Å². The molecule has 0 aliphatic carbocycles. The Morgan fingerprint density at radius 3 is 2.46 bits per heavy atom. The molecular weight excluding hydrogens is 354 g/mol. The molecule has 0 N–H and O–H groups in total. The molecule has 4 rings (SSSR count). The van der Waals surface area contributed by atoms with Crippen molar-refractivity contribution >= 4 is 23.6 Å². The molecule has 7 nitrogen and oxygen atoms in total. The van der Waals surface area contributed by atoms with Crippen LogP contribution in [0.2, 0.25) is 0 Å². The van der Waals surface area contributed by atoms with Gasteiger partial charge in [0.05, 0.1) is 5.69 Å². The largest absolute Gasteiger partial charge is 0.328 e. The molecule has 0 bridgehead atoms. The Morgan fingerprint density at radius 2 is 1.79 bits per heavy atom. The van der Waals surface area contributed by atoms with Gasteiger partial charge in [-0.15, -0.1) is 0 Å². The molecule has 1 aromatic carbocycles. The summed E-state index contributed by atoms with van der Waals surface area (Å²) in [5.41, 5.74) is 5.42. The van der Waals surface area contributed by atoms with Crippen LogP contribution in [0.3, 0.4) is 0 Å². The number of fused-ring (bicyclic) bond motifs is 3. The molecule has 3 amide bonds. The van der Waals surface area contributed by atoms with Crippen molar-refractivity contribution in [2.24, 2.45) is 4.99 Å². The number of rotatable bonds is 3. The van der Waals surface area contributed by atoms with Crippen LogP contribution < -0.4 is 4.90 Å². The Bertz CT molecular complexity index is 935. The van der Waals surface area contributed by atoms with Gasteiger partial charge in [-0.05, 0) is 51.3 Å². The van der Waals surface area contributed by atoms with Crippen molar-refractivity contribution in [2.75, 3.05) is 18.5 Å². The molecule has 148 valence electrons. The van der Waals surface area contributed by atoms with E-state index in [4.69, 9.17) is 4.99 Å². The number of benzene rings is 1. The Kier molecular flexibility index (Phi) is 4.21. The number of aryl methyl sites for hydroxylation is 2. The lowest BCUT2D eigenvalue weighted by Crippen LogP contribution is -2.64. The molecule has 0 saturated carbocycles. The molecule has 7 heteroatoms. The number of aliphatic imine (C=N–C) groups is 1. The van der Waals surface area contributed by atoms with E-state index in [0.717, 1.165) is 40.6 Å². The van der Waals surface area contributed by atoms with Crippen LogP contribution in [-0.2, 0) is 4.79 Å². The van der Waals surface area contributed by atoms with Gasteiger partial charge in [-0.1, -0.05) is 19.1 Å². The van der Waals surface area contributed by atoms with Gasteiger partial charge < -0.3 is 4.90 Å². The predicted octanol–water partition coefficient (Wildman–Crippen LogP) is 3.05. The Balaban J connectivity index is 1.81. The topological polar surface area (TPSA) is 59.5 Å². The van der Waals surface area contributed by atoms with Crippen molar-refractivity contribution in [2.45, 2.75) is 53.2 Å². The summed E-state index contributed by atoms with van der Waals surface area (Å²) in [6.07, 6.45) is 0.234. The summed E-state index contributed by atoms with van der Waals surface area (Å²) in [6, 6.07) is 5.56. The van der Waals surface area contributed by atoms with E-state index in [2.05, 4.69) is 43.9 Å². The van der Waals surface area contributed by atoms with Gasteiger partial charge in [0, 0.05) is 25.0 Å². The second-order valence-electron chi connectivity index (χ2n) is 7.84. The lowest BCUT2D eigenvalue weighted by Gasteiger charge is -2.40. The fourth-order valence-electron chi connectivity index (χ4n) is 4.29. The van der Waals surface area contributed by atoms with Gasteiger partial charge in [0.25, 0.3) is 5.91 Å². The molecule has 2 unspecified atom stereocenters. The molecule has 0 radical (unpaired) electrons. The monoisotopic (exact) mass is 381 g/mol. The molecule has 3 heterocycles. The van der Waals surface area contributed by atoms with Crippen LogP contribution in [0.15, 0.2) is 34.6 Å². The van der Waals surface area contributed by atoms with Crippen molar-refractivity contribution in [3.05, 3.63) is 40.7 Å². The number of hydrogen-bond acceptors (Lipinski definition) is 5. The number of carbonyl (C=O) groups is 2. The molecule has 28 heavy (non-hydrogen) atoms. The zero-order valence-corrected chi connectivity index (χ0v) is 17.4. The Morgan fingerprint density at radius 1 is 1.07 bits per heavy atom. The van der Waals surface area contributed by atoms with E-state index in [1.54, 1.807) is 11.9 Å². The number of likely N-dealkylation sites (N-methyl/N-ethyl adjacent to an activating group) is 1. The maximum absolute atomic E-state index is 13.2. The molecule has 2 atom stereocenters. The van der Waals surface area contributed by atoms with Crippen LogP contribution >= 0.6 is 0 Å². The Hall–Kier alpha value is -2.83. The summed E-state index contributed by atoms with van der Waals surface area (Å²) >= 11 is 0. The van der Waals surface area contributed by atoms with E-state index in [-0.39, 0.29) is 11.9 Å². The summed E-state index contributed by atoms with van der Waals surface area (Å²) in [4.78, 5) is 37.9. The minimum absolute atomic E-state index is 0.163. The van der Waals surface area contributed by atoms with Crippen molar-refractivity contribution in [1.82, 2.24) is 14.7 Å². The third-order valence-corrected chi connectivity index (χ3v) is 5.95. The van der Waals surface area contributed by atoms with Crippen molar-refractivity contribution in [3.63, 3.8) is 0 Å². The highest BCUT2D eigenvalue weighted by atomic mass is 16.2. The highest BCUT2D eigenvalue weighted by Gasteiger charge is 2.55. The summed E-state index contributed by atoms with van der Waals surface area (Å²) in [6.45, 7) is 10.6. The summed E-state index contributed by atoms with van der Waals surface area (Å²) in [5, 5.41) is 0. The van der Waals surface area contributed by atoms with E-state index in [9.17, 15) is 9.59 Å². The zero-order chi connectivity index (χ0) is 20.3. The minimum Gasteiger partial charge on any atom is -0.302 e. The van der Waals surface area contributed by atoms with Crippen LogP contribution in [0.4, 0.5) is 10.5 Å². The highest BCUT2D eigenvalue weighted by Crippen LogP contribution is 2.40. The first-order chi connectivity index (χ1) is 13.3. The summed E-state index contributed by atoms with van der Waals surface area (Å²) in [7, 11) is 1.73. The lowest BCUT2D eigenvalue weighted by atomic mass is 10.1. The van der Waals surface area contributed by atoms with Crippen LogP contribution in [-0.4, -0.2) is 58.4 Å². The van der Waals surface area contributed by atoms with E-state index >= 15 is 0 Å². The number of urea groups is 1.